The molecule has 2 heterocycles. The van der Waals surface area contributed by atoms with Crippen molar-refractivity contribution in [1.29, 1.82) is 0 Å². The second kappa shape index (κ2) is 12.3. The molecule has 1 spiro atoms. The zero-order chi connectivity index (χ0) is 28.9. The van der Waals surface area contributed by atoms with Crippen LogP contribution in [-0.2, 0) is 34.8 Å². The Bertz CT molecular complexity index is 1270. The Hall–Kier alpha value is -3.23. The van der Waals surface area contributed by atoms with E-state index in [1.54, 1.807) is 0 Å². The van der Waals surface area contributed by atoms with E-state index in [-0.39, 0.29) is 5.04 Å². The first-order valence-corrected chi connectivity index (χ1v) is 16.3. The molecule has 0 saturated carbocycles. The minimum atomic E-state index is -3.06. The topological polar surface area (TPSA) is 63.2 Å². The SMILES string of the molecule is COC(=O)/C=C1/O[C@]2(CCCCO2)[C@H](OCc2ccccc2)[C@H]1O[Si](c1ccccc1)(c1ccccc1)C(C)(C)C. The van der Waals surface area contributed by atoms with E-state index in [1.165, 1.54) is 13.2 Å². The van der Waals surface area contributed by atoms with E-state index in [2.05, 4.69) is 69.3 Å². The summed E-state index contributed by atoms with van der Waals surface area (Å²) >= 11 is 0. The first-order valence-electron chi connectivity index (χ1n) is 14.4. The van der Waals surface area contributed by atoms with Crippen LogP contribution in [0.1, 0.15) is 45.6 Å². The summed E-state index contributed by atoms with van der Waals surface area (Å²) < 4.78 is 32.4. The van der Waals surface area contributed by atoms with Crippen molar-refractivity contribution in [3.63, 3.8) is 0 Å². The van der Waals surface area contributed by atoms with Gasteiger partial charge in [0.25, 0.3) is 8.32 Å². The lowest BCUT2D eigenvalue weighted by atomic mass is 9.98. The van der Waals surface area contributed by atoms with Crippen molar-refractivity contribution < 1.29 is 28.2 Å². The van der Waals surface area contributed by atoms with E-state index in [4.69, 9.17) is 23.4 Å². The predicted molar refractivity (Wildman–Crippen MR) is 161 cm³/mol. The quantitative estimate of drug-likeness (QED) is 0.202. The third kappa shape index (κ3) is 5.90. The van der Waals surface area contributed by atoms with Crippen molar-refractivity contribution in [2.45, 2.75) is 69.7 Å². The molecule has 0 unspecified atom stereocenters. The largest absolute Gasteiger partial charge is 0.466 e. The highest BCUT2D eigenvalue weighted by Gasteiger charge is 2.61. The van der Waals surface area contributed by atoms with E-state index in [0.29, 0.717) is 25.4 Å². The maximum absolute atomic E-state index is 12.7. The summed E-state index contributed by atoms with van der Waals surface area (Å²) in [5, 5.41) is 1.96. The van der Waals surface area contributed by atoms with Gasteiger partial charge in [-0.05, 0) is 33.8 Å². The molecule has 5 rings (SSSR count). The number of benzene rings is 3. The van der Waals surface area contributed by atoms with Gasteiger partial charge in [0, 0.05) is 6.42 Å². The standard InChI is InChI=1S/C34H40O6Si/c1-33(2,3)41(27-18-10-6-11-19-27,28-20-12-7-13-21-28)40-31-29(24-30(35)36-4)39-34(22-14-15-23-38-34)32(31)37-25-26-16-8-5-9-17-26/h5-13,16-21,24,31-32H,14-15,22-23,25H2,1-4H3/b29-24+/t31-,32+,34+/m0/s1. The second-order valence-corrected chi connectivity index (χ2v) is 16.0. The van der Waals surface area contributed by atoms with Gasteiger partial charge in [0.15, 0.2) is 6.10 Å². The fraction of sp³-hybridized carbons (Fsp3) is 0.382. The Kier molecular flexibility index (Phi) is 8.80. The van der Waals surface area contributed by atoms with Crippen LogP contribution in [0.3, 0.4) is 0 Å². The van der Waals surface area contributed by atoms with Gasteiger partial charge in [-0.2, -0.15) is 0 Å². The Morgan fingerprint density at radius 3 is 2.02 bits per heavy atom. The number of rotatable bonds is 8. The van der Waals surface area contributed by atoms with Crippen molar-refractivity contribution in [1.82, 2.24) is 0 Å². The predicted octanol–water partition coefficient (Wildman–Crippen LogP) is 5.50. The zero-order valence-electron chi connectivity index (χ0n) is 24.4. The molecule has 7 heteroatoms. The summed E-state index contributed by atoms with van der Waals surface area (Å²) in [7, 11) is -1.69. The molecule has 0 aromatic heterocycles. The van der Waals surface area contributed by atoms with Gasteiger partial charge in [0.2, 0.25) is 5.79 Å². The Balaban J connectivity index is 1.67. The lowest BCUT2D eigenvalue weighted by molar-refractivity contribution is -0.268. The highest BCUT2D eigenvalue weighted by atomic mass is 28.4. The molecule has 216 valence electrons. The lowest BCUT2D eigenvalue weighted by Crippen LogP contribution is -2.68. The second-order valence-electron chi connectivity index (χ2n) is 11.7. The average Bonchev–Trinajstić information content (AvgIpc) is 3.25. The number of esters is 1. The number of carbonyl (C=O) groups is 1. The molecule has 2 aliphatic heterocycles. The smallest absolute Gasteiger partial charge is 0.333 e. The molecule has 2 fully saturated rings. The summed E-state index contributed by atoms with van der Waals surface area (Å²) in [5.41, 5.74) is 1.04. The van der Waals surface area contributed by atoms with Crippen LogP contribution in [0.5, 0.6) is 0 Å². The molecule has 3 aromatic carbocycles. The van der Waals surface area contributed by atoms with Gasteiger partial charge in [0.1, 0.15) is 11.9 Å². The third-order valence-electron chi connectivity index (χ3n) is 8.00. The van der Waals surface area contributed by atoms with Gasteiger partial charge in [-0.15, -0.1) is 0 Å². The van der Waals surface area contributed by atoms with Crippen LogP contribution < -0.4 is 10.4 Å². The van der Waals surface area contributed by atoms with Crippen LogP contribution in [0.15, 0.2) is 103 Å². The fourth-order valence-electron chi connectivity index (χ4n) is 6.05. The molecule has 0 N–H and O–H groups in total. The molecule has 2 aliphatic rings. The number of hydrogen-bond donors (Lipinski definition) is 0. The zero-order valence-corrected chi connectivity index (χ0v) is 25.4. The monoisotopic (exact) mass is 572 g/mol. The highest BCUT2D eigenvalue weighted by Crippen LogP contribution is 2.47. The minimum absolute atomic E-state index is 0.292. The molecule has 0 aliphatic carbocycles. The van der Waals surface area contributed by atoms with Crippen molar-refractivity contribution >= 4 is 24.7 Å². The Morgan fingerprint density at radius 1 is 0.927 bits per heavy atom. The molecule has 0 bridgehead atoms. The number of methoxy groups -OCH3 is 1. The van der Waals surface area contributed by atoms with Crippen LogP contribution in [0.4, 0.5) is 0 Å². The van der Waals surface area contributed by atoms with Crippen LogP contribution in [0, 0.1) is 0 Å². The van der Waals surface area contributed by atoms with Gasteiger partial charge in [0.05, 0.1) is 26.4 Å². The van der Waals surface area contributed by atoms with Crippen molar-refractivity contribution in [3.05, 3.63) is 108 Å². The Morgan fingerprint density at radius 2 is 1.51 bits per heavy atom. The molecule has 3 aromatic rings. The molecule has 0 amide bonds. The Labute approximate surface area is 244 Å². The summed E-state index contributed by atoms with van der Waals surface area (Å²) in [6.45, 7) is 7.58. The molecular weight excluding hydrogens is 532 g/mol. The number of carbonyl (C=O) groups excluding carboxylic acids is 1. The first-order chi connectivity index (χ1) is 19.8. The summed E-state index contributed by atoms with van der Waals surface area (Å²) in [6, 6.07) is 30.9. The van der Waals surface area contributed by atoms with Crippen molar-refractivity contribution in [2.75, 3.05) is 13.7 Å². The maximum Gasteiger partial charge on any atom is 0.333 e. The molecular formula is C34H40O6Si. The maximum atomic E-state index is 12.7. The summed E-state index contributed by atoms with van der Waals surface area (Å²) in [4.78, 5) is 12.7. The fourth-order valence-corrected chi connectivity index (χ4v) is 10.7. The molecule has 3 atom stereocenters. The van der Waals surface area contributed by atoms with Crippen LogP contribution in [0.2, 0.25) is 5.04 Å². The van der Waals surface area contributed by atoms with E-state index < -0.39 is 32.3 Å². The van der Waals surface area contributed by atoms with Crippen molar-refractivity contribution in [3.8, 4) is 0 Å². The van der Waals surface area contributed by atoms with Gasteiger partial charge < -0.3 is 23.4 Å². The van der Waals surface area contributed by atoms with Gasteiger partial charge in [-0.3, -0.25) is 0 Å². The van der Waals surface area contributed by atoms with E-state index >= 15 is 0 Å². The number of hydrogen-bond acceptors (Lipinski definition) is 6. The number of ether oxygens (including phenoxy) is 4. The molecule has 0 radical (unpaired) electrons. The van der Waals surface area contributed by atoms with Crippen LogP contribution >= 0.6 is 0 Å². The van der Waals surface area contributed by atoms with Crippen LogP contribution in [0.25, 0.3) is 0 Å². The average molecular weight is 573 g/mol. The van der Waals surface area contributed by atoms with Gasteiger partial charge in [-0.1, -0.05) is 112 Å². The first kappa shape index (κ1) is 29.3. The summed E-state index contributed by atoms with van der Waals surface area (Å²) in [5.74, 6) is -1.20. The van der Waals surface area contributed by atoms with E-state index in [9.17, 15) is 4.79 Å². The van der Waals surface area contributed by atoms with E-state index in [0.717, 1.165) is 28.8 Å². The molecule has 41 heavy (non-hydrogen) atoms. The highest BCUT2D eigenvalue weighted by molar-refractivity contribution is 6.99. The van der Waals surface area contributed by atoms with Gasteiger partial charge >= 0.3 is 5.97 Å². The van der Waals surface area contributed by atoms with Crippen molar-refractivity contribution in [2.24, 2.45) is 0 Å². The van der Waals surface area contributed by atoms with Crippen LogP contribution in [-0.4, -0.2) is 46.0 Å². The normalized spacial score (nSPS) is 23.9. The molecule has 6 nitrogen and oxygen atoms in total. The van der Waals surface area contributed by atoms with Gasteiger partial charge in [-0.25, -0.2) is 4.79 Å². The summed E-state index contributed by atoms with van der Waals surface area (Å²) in [6.07, 6.45) is 2.57. The van der Waals surface area contributed by atoms with E-state index in [1.807, 2.05) is 42.5 Å². The lowest BCUT2D eigenvalue weighted by Gasteiger charge is -2.45. The molecule has 2 saturated heterocycles. The third-order valence-corrected chi connectivity index (χ3v) is 13.0. The minimum Gasteiger partial charge on any atom is -0.466 e.